The molecule has 38 heavy (non-hydrogen) atoms. The minimum absolute atomic E-state index is 0.0133. The molecule has 1 aromatic heterocycles. The lowest BCUT2D eigenvalue weighted by molar-refractivity contribution is -0.124. The summed E-state index contributed by atoms with van der Waals surface area (Å²) in [4.78, 5) is 28.9. The Bertz CT molecular complexity index is 813. The van der Waals surface area contributed by atoms with Crippen molar-refractivity contribution in [2.75, 3.05) is 57.9 Å². The topological polar surface area (TPSA) is 73.8 Å². The van der Waals surface area contributed by atoms with E-state index in [2.05, 4.69) is 46.3 Å². The molecule has 8 heteroatoms. The third kappa shape index (κ3) is 8.36. The van der Waals surface area contributed by atoms with Crippen LogP contribution < -0.4 is 10.2 Å². The van der Waals surface area contributed by atoms with Crippen LogP contribution in [-0.2, 0) is 9.53 Å². The first-order valence-electron chi connectivity index (χ1n) is 15.4. The number of unbranched alkanes of at least 4 members (excludes halogenated alkanes) is 6. The van der Waals surface area contributed by atoms with Gasteiger partial charge < -0.3 is 19.9 Å². The number of hydrogen-bond acceptors (Lipinski definition) is 7. The SMILES string of the molecule is COCC(=O)NCCCCCCCCCN1CCC(c2cnc(N3C4CCC3CN(C(C)C)C4)nc2)CC1. The van der Waals surface area contributed by atoms with E-state index in [9.17, 15) is 4.79 Å². The number of likely N-dealkylation sites (tertiary alicyclic amines) is 2. The van der Waals surface area contributed by atoms with Gasteiger partial charge in [-0.3, -0.25) is 9.69 Å². The minimum atomic E-state index is -0.0133. The van der Waals surface area contributed by atoms with E-state index in [4.69, 9.17) is 14.7 Å². The Kier molecular flexibility index (Phi) is 11.6. The van der Waals surface area contributed by atoms with Crippen molar-refractivity contribution in [3.8, 4) is 0 Å². The Morgan fingerprint density at radius 3 is 2.16 bits per heavy atom. The maximum absolute atomic E-state index is 11.3. The van der Waals surface area contributed by atoms with Crippen molar-refractivity contribution < 1.29 is 9.53 Å². The summed E-state index contributed by atoms with van der Waals surface area (Å²) in [7, 11) is 1.55. The molecule has 0 radical (unpaired) electrons. The molecule has 2 atom stereocenters. The van der Waals surface area contributed by atoms with Crippen LogP contribution in [0.2, 0.25) is 0 Å². The molecule has 1 amide bonds. The van der Waals surface area contributed by atoms with Gasteiger partial charge in [-0.15, -0.1) is 0 Å². The van der Waals surface area contributed by atoms with E-state index in [1.807, 2.05) is 0 Å². The van der Waals surface area contributed by atoms with Crippen molar-refractivity contribution in [3.63, 3.8) is 0 Å². The summed E-state index contributed by atoms with van der Waals surface area (Å²) < 4.78 is 4.82. The second-order valence-corrected chi connectivity index (χ2v) is 12.0. The molecule has 0 aliphatic carbocycles. The van der Waals surface area contributed by atoms with Crippen LogP contribution in [0.3, 0.4) is 0 Å². The first-order chi connectivity index (χ1) is 18.5. The number of fused-ring (bicyclic) bond motifs is 2. The molecule has 1 aromatic rings. The van der Waals surface area contributed by atoms with Crippen LogP contribution in [0.15, 0.2) is 12.4 Å². The summed E-state index contributed by atoms with van der Waals surface area (Å²) in [6, 6.07) is 1.77. The molecule has 4 heterocycles. The van der Waals surface area contributed by atoms with Gasteiger partial charge in [-0.05, 0) is 83.5 Å². The molecule has 3 aliphatic rings. The molecule has 0 saturated carbocycles. The number of nitrogens with one attached hydrogen (secondary N) is 1. The summed E-state index contributed by atoms with van der Waals surface area (Å²) in [5.41, 5.74) is 1.33. The van der Waals surface area contributed by atoms with Crippen LogP contribution in [0.4, 0.5) is 5.95 Å². The van der Waals surface area contributed by atoms with Gasteiger partial charge in [-0.25, -0.2) is 9.97 Å². The van der Waals surface area contributed by atoms with Crippen molar-refractivity contribution in [1.29, 1.82) is 0 Å². The standard InChI is InChI=1S/C30H52N6O2/c1-24(2)35-21-27-11-12-28(22-35)36(27)30-32-19-26(20-33-30)25-13-17-34(18-14-25)16-10-8-6-4-5-7-9-15-31-29(37)23-38-3/h19-20,24-25,27-28H,4-18,21-23H2,1-3H3,(H,31,37). The Morgan fingerprint density at radius 2 is 1.55 bits per heavy atom. The van der Waals surface area contributed by atoms with E-state index >= 15 is 0 Å². The number of ether oxygens (including phenoxy) is 1. The lowest BCUT2D eigenvalue weighted by Gasteiger charge is -2.42. The number of amides is 1. The van der Waals surface area contributed by atoms with Gasteiger partial charge in [-0.1, -0.05) is 32.1 Å². The van der Waals surface area contributed by atoms with Gasteiger partial charge in [0.1, 0.15) is 6.61 Å². The van der Waals surface area contributed by atoms with Crippen molar-refractivity contribution in [3.05, 3.63) is 18.0 Å². The maximum atomic E-state index is 11.3. The normalized spacial score (nSPS) is 22.9. The molecule has 2 bridgehead atoms. The Morgan fingerprint density at radius 1 is 0.947 bits per heavy atom. The molecule has 0 aromatic carbocycles. The fourth-order valence-corrected chi connectivity index (χ4v) is 6.60. The largest absolute Gasteiger partial charge is 0.375 e. The summed E-state index contributed by atoms with van der Waals surface area (Å²) in [6.07, 6.45) is 18.0. The van der Waals surface area contributed by atoms with Crippen molar-refractivity contribution in [2.45, 2.75) is 109 Å². The molecule has 1 N–H and O–H groups in total. The van der Waals surface area contributed by atoms with Crippen LogP contribution >= 0.6 is 0 Å². The van der Waals surface area contributed by atoms with Gasteiger partial charge >= 0.3 is 0 Å². The number of anilines is 1. The van der Waals surface area contributed by atoms with E-state index < -0.39 is 0 Å². The highest BCUT2D eigenvalue weighted by Crippen LogP contribution is 2.34. The van der Waals surface area contributed by atoms with Gasteiger partial charge in [0.25, 0.3) is 0 Å². The van der Waals surface area contributed by atoms with Crippen LogP contribution in [0, 0.1) is 0 Å². The van der Waals surface area contributed by atoms with Gasteiger partial charge in [0, 0.05) is 57.3 Å². The monoisotopic (exact) mass is 528 g/mol. The first-order valence-corrected chi connectivity index (χ1v) is 15.4. The van der Waals surface area contributed by atoms with E-state index in [0.717, 1.165) is 32.0 Å². The molecular formula is C30H52N6O2. The third-order valence-electron chi connectivity index (χ3n) is 8.94. The molecule has 2 unspecified atom stereocenters. The minimum Gasteiger partial charge on any atom is -0.375 e. The molecule has 0 spiro atoms. The predicted molar refractivity (Wildman–Crippen MR) is 154 cm³/mol. The quantitative estimate of drug-likeness (QED) is 0.342. The second kappa shape index (κ2) is 15.1. The number of rotatable bonds is 15. The zero-order valence-corrected chi connectivity index (χ0v) is 24.2. The van der Waals surface area contributed by atoms with Gasteiger partial charge in [0.05, 0.1) is 0 Å². The Balaban J connectivity index is 1.06. The lowest BCUT2D eigenvalue weighted by atomic mass is 9.91. The summed E-state index contributed by atoms with van der Waals surface area (Å²) >= 11 is 0. The highest BCUT2D eigenvalue weighted by Gasteiger charge is 2.41. The van der Waals surface area contributed by atoms with E-state index in [0.29, 0.717) is 24.0 Å². The first kappa shape index (κ1) is 29.2. The van der Waals surface area contributed by atoms with Crippen LogP contribution in [0.1, 0.15) is 96.0 Å². The third-order valence-corrected chi connectivity index (χ3v) is 8.94. The number of aromatic nitrogens is 2. The van der Waals surface area contributed by atoms with E-state index in [-0.39, 0.29) is 12.5 Å². The Labute approximate surface area is 230 Å². The number of carbonyl (C=O) groups is 1. The van der Waals surface area contributed by atoms with Gasteiger partial charge in [0.2, 0.25) is 11.9 Å². The second-order valence-electron chi connectivity index (χ2n) is 12.0. The zero-order valence-electron chi connectivity index (χ0n) is 24.2. The van der Waals surface area contributed by atoms with Crippen molar-refractivity contribution >= 4 is 11.9 Å². The van der Waals surface area contributed by atoms with Crippen molar-refractivity contribution in [1.82, 2.24) is 25.1 Å². The molecule has 3 aliphatic heterocycles. The average molecular weight is 529 g/mol. The summed E-state index contributed by atoms with van der Waals surface area (Å²) in [5.74, 6) is 1.55. The molecule has 4 rings (SSSR count). The van der Waals surface area contributed by atoms with E-state index in [1.54, 1.807) is 7.11 Å². The van der Waals surface area contributed by atoms with Crippen LogP contribution in [0.25, 0.3) is 0 Å². The number of carbonyl (C=O) groups excluding carboxylic acids is 1. The number of piperazine rings is 1. The summed E-state index contributed by atoms with van der Waals surface area (Å²) in [5, 5.41) is 2.89. The fraction of sp³-hybridized carbons (Fsp3) is 0.833. The fourth-order valence-electron chi connectivity index (χ4n) is 6.60. The smallest absolute Gasteiger partial charge is 0.245 e. The number of hydrogen-bond donors (Lipinski definition) is 1. The molecular weight excluding hydrogens is 476 g/mol. The lowest BCUT2D eigenvalue weighted by Crippen LogP contribution is -2.56. The highest BCUT2D eigenvalue weighted by atomic mass is 16.5. The van der Waals surface area contributed by atoms with Crippen LogP contribution in [-0.4, -0.2) is 96.8 Å². The summed E-state index contributed by atoms with van der Waals surface area (Å²) in [6.45, 7) is 11.5. The highest BCUT2D eigenvalue weighted by molar-refractivity contribution is 5.77. The number of nitrogens with zero attached hydrogens (tertiary/aromatic N) is 5. The predicted octanol–water partition coefficient (Wildman–Crippen LogP) is 4.21. The number of methoxy groups -OCH3 is 1. The van der Waals surface area contributed by atoms with Crippen LogP contribution in [0.5, 0.6) is 0 Å². The molecule has 214 valence electrons. The number of piperidine rings is 1. The van der Waals surface area contributed by atoms with Crippen molar-refractivity contribution in [2.24, 2.45) is 0 Å². The maximum Gasteiger partial charge on any atom is 0.245 e. The average Bonchev–Trinajstić information content (AvgIpc) is 3.18. The molecule has 8 nitrogen and oxygen atoms in total. The Hall–Kier alpha value is -1.77. The molecule has 3 saturated heterocycles. The molecule has 3 fully saturated rings. The zero-order chi connectivity index (χ0) is 26.7. The van der Waals surface area contributed by atoms with Gasteiger partial charge in [-0.2, -0.15) is 0 Å². The van der Waals surface area contributed by atoms with E-state index in [1.165, 1.54) is 89.4 Å². The van der Waals surface area contributed by atoms with Gasteiger partial charge in [0.15, 0.2) is 0 Å².